The van der Waals surface area contributed by atoms with E-state index in [0.717, 1.165) is 71.2 Å². The smallest absolute Gasteiger partial charge is 0.209 e. The van der Waals surface area contributed by atoms with E-state index >= 15 is 0 Å². The second-order valence-corrected chi connectivity index (χ2v) is 5.89. The van der Waals surface area contributed by atoms with E-state index in [9.17, 15) is 4.79 Å². The average molecular weight is 387 g/mol. The summed E-state index contributed by atoms with van der Waals surface area (Å²) >= 11 is 0. The van der Waals surface area contributed by atoms with E-state index in [1.54, 1.807) is 0 Å². The predicted octanol–water partition coefficient (Wildman–Crippen LogP) is 1.97. The minimum atomic E-state index is 0. The summed E-state index contributed by atoms with van der Waals surface area (Å²) in [5.41, 5.74) is 0. The summed E-state index contributed by atoms with van der Waals surface area (Å²) in [5, 5.41) is 4.30. The van der Waals surface area contributed by atoms with Crippen LogP contribution in [0.4, 0.5) is 0 Å². The Morgan fingerprint density at radius 1 is 1.18 bits per heavy atom. The van der Waals surface area contributed by atoms with Crippen LogP contribution in [0.25, 0.3) is 5.32 Å². The number of nitrogens with zero attached hydrogens (tertiary/aromatic N) is 3. The molecule has 6 heteroatoms. The zero-order valence-electron chi connectivity index (χ0n) is 14.4. The molecule has 1 amide bonds. The van der Waals surface area contributed by atoms with E-state index in [1.165, 1.54) is 19.4 Å². The Balaban J connectivity index is 0.000000397. The van der Waals surface area contributed by atoms with Crippen LogP contribution >= 0.6 is 0 Å². The van der Waals surface area contributed by atoms with Crippen LogP contribution in [0.3, 0.4) is 0 Å². The molecule has 0 aromatic heterocycles. The van der Waals surface area contributed by atoms with Crippen LogP contribution in [-0.2, 0) is 42.2 Å². The van der Waals surface area contributed by atoms with Crippen LogP contribution in [-0.4, -0.2) is 75.2 Å². The van der Waals surface area contributed by atoms with Crippen molar-refractivity contribution in [3.63, 3.8) is 0 Å². The Kier molecular flexibility index (Phi) is 15.3. The Hall–Kier alpha value is 0.454. The van der Waals surface area contributed by atoms with Gasteiger partial charge in [-0.15, -0.1) is 13.1 Å². The first-order valence-corrected chi connectivity index (χ1v) is 8.39. The molecule has 0 aromatic rings. The summed E-state index contributed by atoms with van der Waals surface area (Å²) in [5.74, 6) is 0.821. The minimum absolute atomic E-state index is 0. The van der Waals surface area contributed by atoms with Crippen LogP contribution in [0, 0.1) is 5.92 Å². The van der Waals surface area contributed by atoms with E-state index in [2.05, 4.69) is 17.1 Å². The molecule has 127 valence electrons. The topological polar surface area (TPSA) is 46.9 Å². The zero-order valence-corrected chi connectivity index (χ0v) is 17.2. The first-order chi connectivity index (χ1) is 10.3. The fourth-order valence-electron chi connectivity index (χ4n) is 2.54. The molecule has 0 unspecified atom stereocenters. The number of likely N-dealkylation sites (tertiary alicyclic amines) is 1. The van der Waals surface area contributed by atoms with Gasteiger partial charge in [0.2, 0.25) is 6.41 Å². The maximum absolute atomic E-state index is 10.2. The molecule has 22 heavy (non-hydrogen) atoms. The SMILES string of the molecule is CC1CCN(C=O)CC1.CCOCCCN1CC[N-]CC1.[Y]. The monoisotopic (exact) mass is 387 g/mol. The van der Waals surface area contributed by atoms with Crippen LogP contribution in [0.1, 0.15) is 33.1 Å². The maximum atomic E-state index is 10.2. The number of hydrogen-bond acceptors (Lipinski definition) is 3. The van der Waals surface area contributed by atoms with Crippen LogP contribution in [0.15, 0.2) is 0 Å². The van der Waals surface area contributed by atoms with Gasteiger partial charge in [0.25, 0.3) is 0 Å². The van der Waals surface area contributed by atoms with Gasteiger partial charge in [-0.05, 0) is 45.2 Å². The minimum Gasteiger partial charge on any atom is -0.660 e. The first kappa shape index (κ1) is 22.5. The van der Waals surface area contributed by atoms with Gasteiger partial charge in [0.15, 0.2) is 0 Å². The summed E-state index contributed by atoms with van der Waals surface area (Å²) in [6.07, 6.45) is 4.47. The first-order valence-electron chi connectivity index (χ1n) is 8.39. The third-order valence-corrected chi connectivity index (χ3v) is 4.08. The second-order valence-electron chi connectivity index (χ2n) is 5.89. The molecule has 0 N–H and O–H groups in total. The standard InChI is InChI=1S/C9H19N2O.C7H13NO.Y/c1-2-12-9-3-6-11-7-4-10-5-8-11;1-7-2-4-8(6-9)5-3-7;/h2-9H2,1H3;6-7H,2-5H2,1H3;/q-1;;. The molecule has 0 spiro atoms. The third kappa shape index (κ3) is 11.1. The van der Waals surface area contributed by atoms with E-state index in [1.807, 2.05) is 11.8 Å². The van der Waals surface area contributed by atoms with Crippen molar-refractivity contribution < 1.29 is 42.2 Å². The number of amides is 1. The van der Waals surface area contributed by atoms with Crippen LogP contribution in [0.5, 0.6) is 0 Å². The Morgan fingerprint density at radius 2 is 1.82 bits per heavy atom. The van der Waals surface area contributed by atoms with Crippen molar-refractivity contribution in [2.45, 2.75) is 33.1 Å². The third-order valence-electron chi connectivity index (χ3n) is 4.08. The van der Waals surface area contributed by atoms with Crippen LogP contribution in [0.2, 0.25) is 0 Å². The molecule has 2 fully saturated rings. The fraction of sp³-hybridized carbons (Fsp3) is 0.938. The van der Waals surface area contributed by atoms with Gasteiger partial charge in [-0.25, -0.2) is 0 Å². The van der Waals surface area contributed by atoms with Crippen LogP contribution < -0.4 is 0 Å². The number of carbonyl (C=O) groups is 1. The second kappa shape index (κ2) is 15.0. The Bertz CT molecular complexity index is 256. The summed E-state index contributed by atoms with van der Waals surface area (Å²) in [4.78, 5) is 14.5. The van der Waals surface area contributed by atoms with Crippen molar-refractivity contribution in [1.82, 2.24) is 9.80 Å². The molecule has 0 bridgehead atoms. The average Bonchev–Trinajstić information content (AvgIpc) is 2.54. The van der Waals surface area contributed by atoms with Crippen molar-refractivity contribution in [3.05, 3.63) is 5.32 Å². The Labute approximate surface area is 161 Å². The van der Waals surface area contributed by atoms with Crippen molar-refractivity contribution in [2.75, 3.05) is 59.0 Å². The number of piperazine rings is 1. The maximum Gasteiger partial charge on any atom is 0.209 e. The molecular formula is C16H32N3O2Y-. The number of ether oxygens (including phenoxy) is 1. The molecule has 2 rings (SSSR count). The van der Waals surface area contributed by atoms with Crippen molar-refractivity contribution in [2.24, 2.45) is 5.92 Å². The molecule has 0 aromatic carbocycles. The summed E-state index contributed by atoms with van der Waals surface area (Å²) < 4.78 is 5.27. The number of rotatable bonds is 6. The normalized spacial score (nSPS) is 19.8. The summed E-state index contributed by atoms with van der Waals surface area (Å²) in [7, 11) is 0. The molecular weight excluding hydrogens is 355 g/mol. The number of piperidine rings is 1. The fourth-order valence-corrected chi connectivity index (χ4v) is 2.54. The van der Waals surface area contributed by atoms with E-state index in [0.29, 0.717) is 0 Å². The zero-order chi connectivity index (χ0) is 15.3. The van der Waals surface area contributed by atoms with Gasteiger partial charge in [-0.3, -0.25) is 4.79 Å². The van der Waals surface area contributed by atoms with Gasteiger partial charge in [0, 0.05) is 65.6 Å². The van der Waals surface area contributed by atoms with Gasteiger partial charge in [0.1, 0.15) is 0 Å². The van der Waals surface area contributed by atoms with Gasteiger partial charge in [-0.2, -0.15) is 0 Å². The number of hydrogen-bond donors (Lipinski definition) is 0. The molecule has 0 saturated carbocycles. The molecule has 1 radical (unpaired) electrons. The molecule has 5 nitrogen and oxygen atoms in total. The van der Waals surface area contributed by atoms with Crippen molar-refractivity contribution >= 4 is 6.41 Å². The molecule has 2 aliphatic rings. The molecule has 2 heterocycles. The molecule has 2 saturated heterocycles. The molecule has 2 aliphatic heterocycles. The molecule has 0 atom stereocenters. The van der Waals surface area contributed by atoms with Crippen molar-refractivity contribution in [1.29, 1.82) is 0 Å². The van der Waals surface area contributed by atoms with Gasteiger partial charge in [-0.1, -0.05) is 6.92 Å². The predicted molar refractivity (Wildman–Crippen MR) is 86.7 cm³/mol. The number of carbonyl (C=O) groups excluding carboxylic acids is 1. The van der Waals surface area contributed by atoms with E-state index in [-0.39, 0.29) is 32.7 Å². The Morgan fingerprint density at radius 3 is 2.36 bits per heavy atom. The van der Waals surface area contributed by atoms with Gasteiger partial charge < -0.3 is 19.9 Å². The van der Waals surface area contributed by atoms with E-state index < -0.39 is 0 Å². The largest absolute Gasteiger partial charge is 0.660 e. The quantitative estimate of drug-likeness (QED) is 0.517. The van der Waals surface area contributed by atoms with Crippen molar-refractivity contribution in [3.8, 4) is 0 Å². The van der Waals surface area contributed by atoms with Gasteiger partial charge in [0.05, 0.1) is 0 Å². The van der Waals surface area contributed by atoms with E-state index in [4.69, 9.17) is 4.74 Å². The summed E-state index contributed by atoms with van der Waals surface area (Å²) in [6, 6.07) is 0. The van der Waals surface area contributed by atoms with Gasteiger partial charge >= 0.3 is 0 Å². The summed E-state index contributed by atoms with van der Waals surface area (Å²) in [6.45, 7) is 13.5. The molecule has 0 aliphatic carbocycles.